The molecule has 5 nitrogen and oxygen atoms in total. The predicted octanol–water partition coefficient (Wildman–Crippen LogP) is 3.32. The van der Waals surface area contributed by atoms with Crippen molar-refractivity contribution in [2.24, 2.45) is 0 Å². The van der Waals surface area contributed by atoms with Gasteiger partial charge in [-0.3, -0.25) is 4.90 Å². The van der Waals surface area contributed by atoms with E-state index in [4.69, 9.17) is 10.7 Å². The Morgan fingerprint density at radius 3 is 2.82 bits per heavy atom. The van der Waals surface area contributed by atoms with E-state index in [0.29, 0.717) is 12.0 Å². The van der Waals surface area contributed by atoms with Crippen LogP contribution in [0.15, 0.2) is 30.5 Å². The van der Waals surface area contributed by atoms with Crippen LogP contribution in [0.5, 0.6) is 0 Å². The summed E-state index contributed by atoms with van der Waals surface area (Å²) in [4.78, 5) is 14.3. The number of aryl methyl sites for hydroxylation is 2. The van der Waals surface area contributed by atoms with Gasteiger partial charge in [-0.25, -0.2) is 9.97 Å². The first-order valence-corrected chi connectivity index (χ1v) is 10.8. The first kappa shape index (κ1) is 17.9. The lowest BCUT2D eigenvalue weighted by atomic mass is 9.76. The summed E-state index contributed by atoms with van der Waals surface area (Å²) in [5, 5.41) is 0. The SMILES string of the molecule is Cc1cccc(N2CCC(N3CCCC4(CCc5cnc(N)nc54)C3)CC2)c1. The van der Waals surface area contributed by atoms with Gasteiger partial charge in [0.25, 0.3) is 0 Å². The van der Waals surface area contributed by atoms with Crippen molar-refractivity contribution in [3.63, 3.8) is 0 Å². The molecule has 3 aliphatic rings. The van der Waals surface area contributed by atoms with Crippen molar-refractivity contribution >= 4 is 11.6 Å². The first-order chi connectivity index (χ1) is 13.6. The third-order valence-electron chi connectivity index (χ3n) is 7.21. The van der Waals surface area contributed by atoms with Crippen molar-refractivity contribution in [1.29, 1.82) is 0 Å². The summed E-state index contributed by atoms with van der Waals surface area (Å²) < 4.78 is 0. The Morgan fingerprint density at radius 1 is 1.14 bits per heavy atom. The van der Waals surface area contributed by atoms with Crippen LogP contribution in [0, 0.1) is 6.92 Å². The molecule has 2 aromatic rings. The van der Waals surface area contributed by atoms with Crippen molar-refractivity contribution in [1.82, 2.24) is 14.9 Å². The van der Waals surface area contributed by atoms with Crippen LogP contribution in [0.1, 0.15) is 48.9 Å². The molecule has 1 unspecified atom stereocenters. The molecule has 0 saturated carbocycles. The number of hydrogen-bond donors (Lipinski definition) is 1. The van der Waals surface area contributed by atoms with Crippen molar-refractivity contribution in [3.8, 4) is 0 Å². The van der Waals surface area contributed by atoms with E-state index in [1.54, 1.807) is 0 Å². The number of fused-ring (bicyclic) bond motifs is 2. The lowest BCUT2D eigenvalue weighted by Crippen LogP contribution is -2.52. The average molecular weight is 378 g/mol. The second kappa shape index (κ2) is 7.03. The molecule has 2 saturated heterocycles. The van der Waals surface area contributed by atoms with E-state index in [1.807, 2.05) is 6.20 Å². The fourth-order valence-electron chi connectivity index (χ4n) is 5.75. The molecule has 1 spiro atoms. The molecule has 5 heteroatoms. The van der Waals surface area contributed by atoms with Gasteiger partial charge in [0.1, 0.15) is 0 Å². The monoisotopic (exact) mass is 377 g/mol. The smallest absolute Gasteiger partial charge is 0.220 e. The zero-order valence-corrected chi connectivity index (χ0v) is 16.9. The van der Waals surface area contributed by atoms with Gasteiger partial charge >= 0.3 is 0 Å². The second-order valence-electron chi connectivity index (χ2n) is 9.01. The summed E-state index contributed by atoms with van der Waals surface area (Å²) in [5.74, 6) is 0.434. The molecule has 2 fully saturated rings. The van der Waals surface area contributed by atoms with Gasteiger partial charge in [-0.2, -0.15) is 0 Å². The summed E-state index contributed by atoms with van der Waals surface area (Å²) in [6.45, 7) is 6.87. The van der Waals surface area contributed by atoms with E-state index in [2.05, 4.69) is 46.0 Å². The van der Waals surface area contributed by atoms with Gasteiger partial charge in [-0.1, -0.05) is 12.1 Å². The molecule has 1 aromatic heterocycles. The Labute approximate surface area is 168 Å². The number of nitrogens with two attached hydrogens (primary N) is 1. The molecule has 2 N–H and O–H groups in total. The van der Waals surface area contributed by atoms with Gasteiger partial charge in [0.2, 0.25) is 5.95 Å². The summed E-state index contributed by atoms with van der Waals surface area (Å²) in [5.41, 5.74) is 11.4. The Balaban J connectivity index is 1.28. The van der Waals surface area contributed by atoms with Gasteiger partial charge in [-0.05, 0) is 75.3 Å². The van der Waals surface area contributed by atoms with Crippen molar-refractivity contribution in [2.75, 3.05) is 36.8 Å². The largest absolute Gasteiger partial charge is 0.371 e. The minimum absolute atomic E-state index is 0.207. The average Bonchev–Trinajstić information content (AvgIpc) is 3.05. The molecule has 1 aromatic carbocycles. The number of aromatic nitrogens is 2. The van der Waals surface area contributed by atoms with Gasteiger partial charge < -0.3 is 10.6 Å². The van der Waals surface area contributed by atoms with E-state index < -0.39 is 0 Å². The molecular weight excluding hydrogens is 346 g/mol. The molecule has 28 heavy (non-hydrogen) atoms. The minimum atomic E-state index is 0.207. The lowest BCUT2D eigenvalue weighted by Gasteiger charge is -2.46. The maximum Gasteiger partial charge on any atom is 0.220 e. The predicted molar refractivity (Wildman–Crippen MR) is 114 cm³/mol. The molecule has 1 atom stereocenters. The lowest BCUT2D eigenvalue weighted by molar-refractivity contribution is 0.0861. The molecule has 1 aliphatic carbocycles. The van der Waals surface area contributed by atoms with Crippen LogP contribution in [0.3, 0.4) is 0 Å². The fraction of sp³-hybridized carbons (Fsp3) is 0.565. The van der Waals surface area contributed by atoms with E-state index in [-0.39, 0.29) is 5.41 Å². The third-order valence-corrected chi connectivity index (χ3v) is 7.21. The standard InChI is InChI=1S/C23H31N5/c1-17-4-2-5-20(14-17)27-12-7-19(8-13-27)28-11-3-9-23(16-28)10-6-18-15-25-22(24)26-21(18)23/h2,4-5,14-15,19H,3,6-13,16H2,1H3,(H2,24,25,26). The van der Waals surface area contributed by atoms with Crippen molar-refractivity contribution in [3.05, 3.63) is 47.3 Å². The number of rotatable bonds is 2. The van der Waals surface area contributed by atoms with Crippen LogP contribution in [0.4, 0.5) is 11.6 Å². The molecule has 0 bridgehead atoms. The summed E-state index contributed by atoms with van der Waals surface area (Å²) >= 11 is 0. The Morgan fingerprint density at radius 2 is 2.00 bits per heavy atom. The van der Waals surface area contributed by atoms with Crippen LogP contribution in [0.2, 0.25) is 0 Å². The number of anilines is 2. The molecular formula is C23H31N5. The molecule has 0 amide bonds. The summed E-state index contributed by atoms with van der Waals surface area (Å²) in [7, 11) is 0. The maximum absolute atomic E-state index is 5.94. The zero-order valence-electron chi connectivity index (χ0n) is 16.9. The minimum Gasteiger partial charge on any atom is -0.371 e. The number of likely N-dealkylation sites (tertiary alicyclic amines) is 1. The number of nitrogen functional groups attached to an aromatic ring is 1. The van der Waals surface area contributed by atoms with Gasteiger partial charge in [0.15, 0.2) is 0 Å². The van der Waals surface area contributed by atoms with E-state index in [9.17, 15) is 0 Å². The highest BCUT2D eigenvalue weighted by Gasteiger charge is 2.45. The maximum atomic E-state index is 5.94. The number of benzene rings is 1. The zero-order chi connectivity index (χ0) is 19.1. The van der Waals surface area contributed by atoms with E-state index in [0.717, 1.165) is 26.1 Å². The Bertz CT molecular complexity index is 854. The van der Waals surface area contributed by atoms with E-state index >= 15 is 0 Å². The molecule has 3 heterocycles. The normalized spacial score (nSPS) is 26.0. The fourth-order valence-corrected chi connectivity index (χ4v) is 5.75. The van der Waals surface area contributed by atoms with Crippen molar-refractivity contribution < 1.29 is 0 Å². The summed E-state index contributed by atoms with van der Waals surface area (Å²) in [6.07, 6.45) is 9.29. The molecule has 2 aliphatic heterocycles. The highest BCUT2D eigenvalue weighted by atomic mass is 15.2. The Hall–Kier alpha value is -2.14. The van der Waals surface area contributed by atoms with Crippen LogP contribution >= 0.6 is 0 Å². The van der Waals surface area contributed by atoms with Crippen LogP contribution < -0.4 is 10.6 Å². The highest BCUT2D eigenvalue weighted by molar-refractivity contribution is 5.48. The third kappa shape index (κ3) is 3.16. The van der Waals surface area contributed by atoms with Crippen LogP contribution in [-0.4, -0.2) is 47.1 Å². The van der Waals surface area contributed by atoms with Crippen molar-refractivity contribution in [2.45, 2.75) is 56.9 Å². The highest BCUT2D eigenvalue weighted by Crippen LogP contribution is 2.44. The van der Waals surface area contributed by atoms with Crippen LogP contribution in [-0.2, 0) is 11.8 Å². The Kier molecular flexibility index (Phi) is 4.50. The van der Waals surface area contributed by atoms with Gasteiger partial charge in [-0.15, -0.1) is 0 Å². The summed E-state index contributed by atoms with van der Waals surface area (Å²) in [6, 6.07) is 9.62. The topological polar surface area (TPSA) is 58.3 Å². The number of nitrogens with zero attached hydrogens (tertiary/aromatic N) is 4. The molecule has 5 rings (SSSR count). The van der Waals surface area contributed by atoms with Crippen LogP contribution in [0.25, 0.3) is 0 Å². The van der Waals surface area contributed by atoms with Gasteiger partial charge in [0.05, 0.1) is 5.69 Å². The number of piperidine rings is 2. The van der Waals surface area contributed by atoms with E-state index in [1.165, 1.54) is 61.2 Å². The molecule has 148 valence electrons. The number of hydrogen-bond acceptors (Lipinski definition) is 5. The second-order valence-corrected chi connectivity index (χ2v) is 9.01. The quantitative estimate of drug-likeness (QED) is 0.870. The first-order valence-electron chi connectivity index (χ1n) is 10.8. The van der Waals surface area contributed by atoms with Gasteiger partial charge in [0, 0.05) is 43.0 Å². The molecule has 0 radical (unpaired) electrons.